The molecule has 2 atom stereocenters. The van der Waals surface area contributed by atoms with Crippen molar-refractivity contribution < 1.29 is 52.9 Å². The van der Waals surface area contributed by atoms with Crippen LogP contribution in [0.5, 0.6) is 0 Å². The van der Waals surface area contributed by atoms with Crippen molar-refractivity contribution in [2.45, 2.75) is 231 Å². The number of rotatable bonds is 12. The summed E-state index contributed by atoms with van der Waals surface area (Å²) < 4.78 is 10.1. The molecule has 0 radical (unpaired) electrons. The third-order valence-corrected chi connectivity index (χ3v) is 22.0. The average Bonchev–Trinajstić information content (AvgIpc) is 1.68. The third kappa shape index (κ3) is 21.0. The van der Waals surface area contributed by atoms with Crippen molar-refractivity contribution in [3.05, 3.63) is 47.5 Å². The van der Waals surface area contributed by atoms with E-state index < -0.39 is 11.9 Å². The van der Waals surface area contributed by atoms with Gasteiger partial charge in [-0.3, -0.25) is 24.0 Å². The van der Waals surface area contributed by atoms with E-state index in [9.17, 15) is 43.5 Å². The fourth-order valence-corrected chi connectivity index (χ4v) is 16.2. The number of esters is 2. The number of likely N-dealkylation sites (tertiary alicyclic amines) is 2. The Morgan fingerprint density at radius 3 is 0.989 bits per heavy atom. The van der Waals surface area contributed by atoms with Crippen molar-refractivity contribution in [2.24, 2.45) is 51.8 Å². The number of ether oxygens (including phenoxy) is 2. The standard InChI is InChI=1S/C26H36N2O4S.C25H34N2O4S.C25H35NO3S/c1-17-7-9-19(10-8-17)24(30)28(20-12-14-27(16-20)18(2)29)22-15-21(11-13-26(3,4)5)33-23(22)25(31)32-6;1-16-6-8-18(9-7-16)23(29)27(19-11-13-26(15-19)17(2)28)21-14-20(10-12-25(3,4)5)32-22(21)24(30)31;1-17-10-12-18(13-11-17)23(27)26(19-8-6-7-9-19)21-16-20(14-15-25(2,3)4)30-22(21)24(28)29-5/h15,17,19-20H,7-10,12,14,16H2,1-6H3;14,16,18-19H,6-9,11,13,15H2,1-5H3,(H,30,31);16-19H,6-13H2,1-5H3/t17?,19?,20-;16?,18?,19-;/m00./s1. The summed E-state index contributed by atoms with van der Waals surface area (Å²) in [5.41, 5.74) is 1.19. The Bertz CT molecular complexity index is 3440. The number of carbonyl (C=O) groups excluding carboxylic acids is 7. The molecule has 6 aliphatic rings. The van der Waals surface area contributed by atoms with Gasteiger partial charge in [0.25, 0.3) is 0 Å². The highest BCUT2D eigenvalue weighted by molar-refractivity contribution is 7.16. The normalized spacial score (nSPS) is 22.9. The van der Waals surface area contributed by atoms with Crippen LogP contribution < -0.4 is 14.7 Å². The van der Waals surface area contributed by atoms with Gasteiger partial charge in [0.05, 0.1) is 58.0 Å². The van der Waals surface area contributed by atoms with E-state index in [1.165, 1.54) is 43.8 Å². The summed E-state index contributed by atoms with van der Waals surface area (Å²) in [4.78, 5) is 115. The molecular weight excluding hydrogens is 1260 g/mol. The monoisotopic (exact) mass is 1360 g/mol. The van der Waals surface area contributed by atoms with Crippen molar-refractivity contribution in [3.63, 3.8) is 0 Å². The summed E-state index contributed by atoms with van der Waals surface area (Å²) in [5, 5.41) is 9.93. The maximum Gasteiger partial charge on any atom is 0.350 e. The predicted molar refractivity (Wildman–Crippen MR) is 381 cm³/mol. The van der Waals surface area contributed by atoms with Crippen molar-refractivity contribution in [2.75, 3.05) is 55.1 Å². The number of carbonyl (C=O) groups is 8. The average molecular weight is 1360 g/mol. The van der Waals surface area contributed by atoms with E-state index in [-0.39, 0.29) is 92.5 Å². The van der Waals surface area contributed by atoms with E-state index in [1.807, 2.05) is 58.6 Å². The molecule has 5 heterocycles. The highest BCUT2D eigenvalue weighted by Crippen LogP contribution is 2.43. The van der Waals surface area contributed by atoms with E-state index in [0.29, 0.717) is 88.5 Å². The molecule has 518 valence electrons. The number of amides is 5. The summed E-state index contributed by atoms with van der Waals surface area (Å²) >= 11 is 3.73. The van der Waals surface area contributed by atoms with Gasteiger partial charge in [-0.05, 0) is 201 Å². The highest BCUT2D eigenvalue weighted by Gasteiger charge is 2.42. The maximum atomic E-state index is 13.9. The van der Waals surface area contributed by atoms with Crippen LogP contribution in [-0.2, 0) is 33.4 Å². The first-order valence-electron chi connectivity index (χ1n) is 34.6. The molecule has 2 aliphatic heterocycles. The van der Waals surface area contributed by atoms with Crippen molar-refractivity contribution in [1.82, 2.24) is 9.80 Å². The van der Waals surface area contributed by atoms with Gasteiger partial charge in [0, 0.05) is 80.1 Å². The molecule has 4 saturated carbocycles. The number of aromatic carboxylic acids is 1. The first-order chi connectivity index (χ1) is 44.6. The van der Waals surface area contributed by atoms with Gasteiger partial charge in [0.2, 0.25) is 29.5 Å². The van der Waals surface area contributed by atoms with Crippen LogP contribution in [0.3, 0.4) is 0 Å². The SMILES string of the molecule is CC(=O)N1CC[C@H](N(C(=O)C2CCC(C)CC2)c2cc(C#CC(C)(C)C)sc2C(=O)O)C1.COC(=O)c1sc(C#CC(C)(C)C)cc1N(C(=O)C1CCC(C)CC1)C1CCCC1.COC(=O)c1sc(C#CC(C)(C)C)cc1N(C(=O)C1CCC(C)CC1)[C@H]1CCN(C(C)=O)C1. The Labute approximate surface area is 578 Å². The van der Waals surface area contributed by atoms with Gasteiger partial charge in [-0.15, -0.1) is 34.0 Å². The van der Waals surface area contributed by atoms with E-state index in [0.717, 1.165) is 124 Å². The molecule has 2 saturated heterocycles. The third-order valence-electron chi connectivity index (χ3n) is 19.0. The Morgan fingerprint density at radius 1 is 0.442 bits per heavy atom. The minimum absolute atomic E-state index is 0.00614. The first-order valence-corrected chi connectivity index (χ1v) is 37.0. The fourth-order valence-electron chi connectivity index (χ4n) is 13.5. The number of methoxy groups -OCH3 is 2. The molecule has 19 heteroatoms. The minimum atomic E-state index is -1.05. The molecule has 6 fully saturated rings. The van der Waals surface area contributed by atoms with Crippen LogP contribution in [0, 0.1) is 87.3 Å². The van der Waals surface area contributed by atoms with E-state index in [2.05, 4.69) is 77.1 Å². The number of thiophene rings is 3. The molecule has 9 rings (SSSR count). The predicted octanol–water partition coefficient (Wildman–Crippen LogP) is 15.4. The van der Waals surface area contributed by atoms with E-state index in [4.69, 9.17) is 9.47 Å². The zero-order chi connectivity index (χ0) is 69.9. The van der Waals surface area contributed by atoms with Crippen LogP contribution in [0.2, 0.25) is 0 Å². The summed E-state index contributed by atoms with van der Waals surface area (Å²) in [6.07, 6.45) is 17.1. The second kappa shape index (κ2) is 33.2. The van der Waals surface area contributed by atoms with Crippen LogP contribution in [0.1, 0.15) is 256 Å². The zero-order valence-corrected chi connectivity index (χ0v) is 61.9. The largest absolute Gasteiger partial charge is 0.477 e. The number of hydrogen-bond acceptors (Lipinski definition) is 13. The quantitative estimate of drug-likeness (QED) is 0.134. The lowest BCUT2D eigenvalue weighted by atomic mass is 9.82. The second-order valence-corrected chi connectivity index (χ2v) is 33.7. The van der Waals surface area contributed by atoms with Gasteiger partial charge in [-0.2, -0.15) is 0 Å². The van der Waals surface area contributed by atoms with Crippen molar-refractivity contribution >= 4 is 98.5 Å². The molecule has 3 aromatic rings. The molecule has 0 spiro atoms. The number of carboxylic acids is 1. The Kier molecular flexibility index (Phi) is 26.5. The van der Waals surface area contributed by atoms with Crippen LogP contribution in [0.15, 0.2) is 18.2 Å². The fraction of sp³-hybridized carbons (Fsp3) is 0.658. The smallest absolute Gasteiger partial charge is 0.350 e. The lowest BCUT2D eigenvalue weighted by molar-refractivity contribution is -0.128. The Morgan fingerprint density at radius 2 is 0.726 bits per heavy atom. The molecule has 95 heavy (non-hydrogen) atoms. The lowest BCUT2D eigenvalue weighted by Gasteiger charge is -2.34. The van der Waals surface area contributed by atoms with E-state index in [1.54, 1.807) is 32.6 Å². The van der Waals surface area contributed by atoms with Crippen molar-refractivity contribution in [1.29, 1.82) is 0 Å². The Hall–Kier alpha value is -6.46. The van der Waals surface area contributed by atoms with E-state index >= 15 is 0 Å². The van der Waals surface area contributed by atoms with Crippen LogP contribution in [-0.4, -0.2) is 121 Å². The number of nitrogens with zero attached hydrogens (tertiary/aromatic N) is 5. The lowest BCUT2D eigenvalue weighted by Crippen LogP contribution is -2.46. The topological polar surface area (TPSA) is 191 Å². The van der Waals surface area contributed by atoms with Gasteiger partial charge in [-0.1, -0.05) is 69.1 Å². The molecule has 0 bridgehead atoms. The number of carboxylic acid groups (broad SMARTS) is 1. The summed E-state index contributed by atoms with van der Waals surface area (Å²) in [7, 11) is 2.75. The number of hydrogen-bond donors (Lipinski definition) is 1. The zero-order valence-electron chi connectivity index (χ0n) is 59.5. The summed E-state index contributed by atoms with van der Waals surface area (Å²) in [6, 6.07) is 5.33. The summed E-state index contributed by atoms with van der Waals surface area (Å²) in [6.45, 7) is 30.2. The summed E-state index contributed by atoms with van der Waals surface area (Å²) in [5.74, 6) is 19.2. The number of anilines is 3. The van der Waals surface area contributed by atoms with Crippen LogP contribution in [0.25, 0.3) is 0 Å². The molecule has 5 amide bonds. The molecule has 0 aromatic carbocycles. The second-order valence-electron chi connectivity index (χ2n) is 30.5. The van der Waals surface area contributed by atoms with Gasteiger partial charge >= 0.3 is 17.9 Å². The van der Waals surface area contributed by atoms with Crippen molar-refractivity contribution in [3.8, 4) is 35.5 Å². The molecule has 0 unspecified atom stereocenters. The molecule has 4 aliphatic carbocycles. The van der Waals surface area contributed by atoms with Gasteiger partial charge in [0.15, 0.2) is 0 Å². The molecule has 1 N–H and O–H groups in total. The molecular formula is C76H105N5O11S3. The minimum Gasteiger partial charge on any atom is -0.477 e. The maximum absolute atomic E-state index is 13.9. The van der Waals surface area contributed by atoms with Crippen LogP contribution in [0.4, 0.5) is 17.1 Å². The van der Waals surface area contributed by atoms with Gasteiger partial charge in [-0.25, -0.2) is 14.4 Å². The van der Waals surface area contributed by atoms with Gasteiger partial charge in [0.1, 0.15) is 14.6 Å². The molecule has 3 aromatic heterocycles. The Balaban J connectivity index is 0.000000202. The highest BCUT2D eigenvalue weighted by atomic mass is 32.1. The molecule has 16 nitrogen and oxygen atoms in total. The van der Waals surface area contributed by atoms with Crippen LogP contribution >= 0.6 is 34.0 Å². The first kappa shape index (κ1) is 75.9. The van der Waals surface area contributed by atoms with Gasteiger partial charge < -0.3 is 39.1 Å².